The number of rotatable bonds is 8. The highest BCUT2D eigenvalue weighted by molar-refractivity contribution is 9.11. The number of non-ortho nitro benzene ring substituents is 1. The Morgan fingerprint density at radius 2 is 1.83 bits per heavy atom. The zero-order chi connectivity index (χ0) is 16.8. The molecule has 2 atom stereocenters. The van der Waals surface area contributed by atoms with Crippen LogP contribution in [0.2, 0.25) is 0 Å². The minimum Gasteiger partial charge on any atom is -0.491 e. The third-order valence-corrected chi connectivity index (χ3v) is 5.91. The van der Waals surface area contributed by atoms with E-state index in [-0.39, 0.29) is 5.69 Å². The van der Waals surface area contributed by atoms with E-state index in [1.807, 2.05) is 0 Å². The standard InChI is InChI=1S/C15H18Br3NO4/c16-11-4-3-5-14(11)22-6-1-2-7-23-15-12(17)8-10(19(20)21)9-13(15)18/h8-9,11,14H,1-7H2/t11-,14-/m1/s1. The van der Waals surface area contributed by atoms with Crippen molar-refractivity contribution >= 4 is 53.5 Å². The average Bonchev–Trinajstić information content (AvgIpc) is 2.90. The van der Waals surface area contributed by atoms with E-state index in [2.05, 4.69) is 47.8 Å². The van der Waals surface area contributed by atoms with Crippen LogP contribution < -0.4 is 4.74 Å². The number of nitro groups is 1. The first-order chi connectivity index (χ1) is 11.0. The molecule has 0 N–H and O–H groups in total. The number of benzene rings is 1. The lowest BCUT2D eigenvalue weighted by Crippen LogP contribution is -2.18. The van der Waals surface area contributed by atoms with Gasteiger partial charge >= 0.3 is 0 Å². The average molecular weight is 516 g/mol. The molecule has 0 spiro atoms. The molecule has 0 bridgehead atoms. The summed E-state index contributed by atoms with van der Waals surface area (Å²) >= 11 is 10.3. The molecular formula is C15H18Br3NO4. The molecule has 0 radical (unpaired) electrons. The van der Waals surface area contributed by atoms with Gasteiger partial charge in [-0.05, 0) is 64.0 Å². The van der Waals surface area contributed by atoms with Gasteiger partial charge in [-0.2, -0.15) is 0 Å². The van der Waals surface area contributed by atoms with Crippen LogP contribution in [-0.2, 0) is 4.74 Å². The number of halogens is 3. The summed E-state index contributed by atoms with van der Waals surface area (Å²) in [4.78, 5) is 10.8. The van der Waals surface area contributed by atoms with E-state index in [4.69, 9.17) is 9.47 Å². The van der Waals surface area contributed by atoms with Crippen molar-refractivity contribution in [1.29, 1.82) is 0 Å². The largest absolute Gasteiger partial charge is 0.491 e. The number of unbranched alkanes of at least 4 members (excludes halogenated alkanes) is 1. The van der Waals surface area contributed by atoms with Gasteiger partial charge in [0.1, 0.15) is 5.75 Å². The fraction of sp³-hybridized carbons (Fsp3) is 0.600. The van der Waals surface area contributed by atoms with Crippen LogP contribution in [-0.4, -0.2) is 29.1 Å². The van der Waals surface area contributed by atoms with Crippen LogP contribution in [0.25, 0.3) is 0 Å². The van der Waals surface area contributed by atoms with Gasteiger partial charge in [0.15, 0.2) is 0 Å². The van der Waals surface area contributed by atoms with Crippen molar-refractivity contribution in [2.45, 2.75) is 43.0 Å². The molecule has 5 nitrogen and oxygen atoms in total. The topological polar surface area (TPSA) is 61.6 Å². The van der Waals surface area contributed by atoms with E-state index < -0.39 is 4.92 Å². The molecule has 1 aromatic rings. The number of ether oxygens (including phenoxy) is 2. The second-order valence-corrected chi connectivity index (χ2v) is 8.29. The summed E-state index contributed by atoms with van der Waals surface area (Å²) in [6, 6.07) is 2.89. The third kappa shape index (κ3) is 5.69. The summed E-state index contributed by atoms with van der Waals surface area (Å²) in [6.45, 7) is 1.28. The van der Waals surface area contributed by atoms with Crippen molar-refractivity contribution in [2.75, 3.05) is 13.2 Å². The predicted octanol–water partition coefficient (Wildman–Crippen LogP) is 5.61. The van der Waals surface area contributed by atoms with Gasteiger partial charge < -0.3 is 9.47 Å². The molecule has 0 unspecified atom stereocenters. The molecule has 23 heavy (non-hydrogen) atoms. The van der Waals surface area contributed by atoms with Gasteiger partial charge in [0.2, 0.25) is 0 Å². The van der Waals surface area contributed by atoms with Crippen LogP contribution in [0.15, 0.2) is 21.1 Å². The first-order valence-corrected chi connectivity index (χ1v) is 10.0. The Morgan fingerprint density at radius 3 is 2.39 bits per heavy atom. The molecule has 128 valence electrons. The molecule has 0 saturated heterocycles. The summed E-state index contributed by atoms with van der Waals surface area (Å²) in [7, 11) is 0. The monoisotopic (exact) mass is 513 g/mol. The molecule has 1 aliphatic rings. The van der Waals surface area contributed by atoms with Crippen molar-refractivity contribution in [3.8, 4) is 5.75 Å². The lowest BCUT2D eigenvalue weighted by atomic mass is 10.3. The number of nitrogens with zero attached hydrogens (tertiary/aromatic N) is 1. The fourth-order valence-electron chi connectivity index (χ4n) is 2.47. The molecule has 1 aliphatic carbocycles. The molecule has 0 aliphatic heterocycles. The second-order valence-electron chi connectivity index (χ2n) is 5.41. The molecule has 2 rings (SSSR count). The number of alkyl halides is 1. The van der Waals surface area contributed by atoms with Gasteiger partial charge in [-0.25, -0.2) is 0 Å². The number of hydrogen-bond donors (Lipinski definition) is 0. The maximum Gasteiger partial charge on any atom is 0.271 e. The molecule has 0 heterocycles. The minimum absolute atomic E-state index is 0.0189. The van der Waals surface area contributed by atoms with Crippen LogP contribution in [0.5, 0.6) is 5.75 Å². The quantitative estimate of drug-likeness (QED) is 0.195. The first kappa shape index (κ1) is 19.1. The Balaban J connectivity index is 1.71. The summed E-state index contributed by atoms with van der Waals surface area (Å²) < 4.78 is 12.7. The second kappa shape index (κ2) is 9.34. The number of hydrogen-bond acceptors (Lipinski definition) is 4. The van der Waals surface area contributed by atoms with E-state index in [1.54, 1.807) is 0 Å². The highest BCUT2D eigenvalue weighted by Crippen LogP contribution is 2.37. The highest BCUT2D eigenvalue weighted by atomic mass is 79.9. The van der Waals surface area contributed by atoms with Crippen LogP contribution >= 0.6 is 47.8 Å². The maximum atomic E-state index is 10.8. The smallest absolute Gasteiger partial charge is 0.271 e. The summed E-state index contributed by atoms with van der Waals surface area (Å²) in [6.07, 6.45) is 5.69. The van der Waals surface area contributed by atoms with Crippen molar-refractivity contribution in [1.82, 2.24) is 0 Å². The number of nitro benzene ring substituents is 1. The van der Waals surface area contributed by atoms with Crippen LogP contribution in [0.4, 0.5) is 5.69 Å². The van der Waals surface area contributed by atoms with E-state index in [0.717, 1.165) is 25.9 Å². The molecule has 1 fully saturated rings. The maximum absolute atomic E-state index is 10.8. The van der Waals surface area contributed by atoms with Crippen LogP contribution in [0.1, 0.15) is 32.1 Å². The lowest BCUT2D eigenvalue weighted by molar-refractivity contribution is -0.385. The summed E-state index contributed by atoms with van der Waals surface area (Å²) in [5.41, 5.74) is 0.0189. The van der Waals surface area contributed by atoms with Crippen LogP contribution in [0.3, 0.4) is 0 Å². The Morgan fingerprint density at radius 1 is 1.17 bits per heavy atom. The van der Waals surface area contributed by atoms with E-state index in [9.17, 15) is 10.1 Å². The Hall–Kier alpha value is -0.180. The van der Waals surface area contributed by atoms with Gasteiger partial charge in [-0.15, -0.1) is 0 Å². The van der Waals surface area contributed by atoms with Crippen molar-refractivity contribution < 1.29 is 14.4 Å². The Labute approximate surface area is 160 Å². The molecular weight excluding hydrogens is 498 g/mol. The summed E-state index contributed by atoms with van der Waals surface area (Å²) in [5.74, 6) is 0.591. The lowest BCUT2D eigenvalue weighted by Gasteiger charge is -2.15. The SMILES string of the molecule is O=[N+]([O-])c1cc(Br)c(OCCCCO[C@@H]2CCC[C@H]2Br)c(Br)c1. The van der Waals surface area contributed by atoms with Crippen LogP contribution in [0, 0.1) is 10.1 Å². The highest BCUT2D eigenvalue weighted by Gasteiger charge is 2.25. The fourth-order valence-corrected chi connectivity index (χ4v) is 4.60. The molecule has 1 aromatic carbocycles. The predicted molar refractivity (Wildman–Crippen MR) is 99.5 cm³/mol. The van der Waals surface area contributed by atoms with Gasteiger partial charge in [0.25, 0.3) is 5.69 Å². The molecule has 0 aromatic heterocycles. The van der Waals surface area contributed by atoms with Gasteiger partial charge in [-0.3, -0.25) is 10.1 Å². The Bertz CT molecular complexity index is 533. The molecule has 1 saturated carbocycles. The zero-order valence-corrected chi connectivity index (χ0v) is 17.2. The van der Waals surface area contributed by atoms with Gasteiger partial charge in [-0.1, -0.05) is 15.9 Å². The van der Waals surface area contributed by atoms with E-state index in [1.165, 1.54) is 25.0 Å². The molecule has 8 heteroatoms. The van der Waals surface area contributed by atoms with Gasteiger partial charge in [0, 0.05) is 23.6 Å². The summed E-state index contributed by atoms with van der Waals surface area (Å²) in [5, 5.41) is 10.8. The minimum atomic E-state index is -0.434. The van der Waals surface area contributed by atoms with E-state index in [0.29, 0.717) is 32.2 Å². The zero-order valence-electron chi connectivity index (χ0n) is 12.5. The molecule has 0 amide bonds. The first-order valence-electron chi connectivity index (χ1n) is 7.51. The normalized spacial score (nSPS) is 20.7. The van der Waals surface area contributed by atoms with Crippen molar-refractivity contribution in [2.24, 2.45) is 0 Å². The van der Waals surface area contributed by atoms with E-state index >= 15 is 0 Å². The van der Waals surface area contributed by atoms with Gasteiger partial charge in [0.05, 0.1) is 26.6 Å². The van der Waals surface area contributed by atoms with Crippen molar-refractivity contribution in [3.05, 3.63) is 31.2 Å². The van der Waals surface area contributed by atoms with Crippen molar-refractivity contribution in [3.63, 3.8) is 0 Å². The third-order valence-electron chi connectivity index (χ3n) is 3.68. The Kier molecular flexibility index (Phi) is 7.78.